The average molecular weight is 354 g/mol. The molecule has 0 nitrogen and oxygen atoms in total. The molecule has 3 rings (SSSR count). The Bertz CT molecular complexity index is 626. The van der Waals surface area contributed by atoms with E-state index in [2.05, 4.69) is 34.1 Å². The van der Waals surface area contributed by atoms with Crippen LogP contribution in [0.2, 0.25) is 0 Å². The predicted molar refractivity (Wildman–Crippen MR) is 84.7 cm³/mol. The number of rotatable bonds is 2. The van der Waals surface area contributed by atoms with Crippen LogP contribution < -0.4 is 0 Å². The van der Waals surface area contributed by atoms with E-state index in [0.717, 1.165) is 29.3 Å². The summed E-state index contributed by atoms with van der Waals surface area (Å²) in [5.41, 5.74) is 3.74. The summed E-state index contributed by atoms with van der Waals surface area (Å²) in [5.74, 6) is 0.186. The summed E-state index contributed by atoms with van der Waals surface area (Å²) in [7, 11) is 0. The van der Waals surface area contributed by atoms with Gasteiger partial charge in [-0.3, -0.25) is 0 Å². The standard InChI is InChI=1S/C17H15BrClF/c18-16-10-14(20)8-7-12(16)9-13-6-5-11-3-1-2-4-15(11)17(13)19/h1-4,7-8,10,13,17H,5-6,9H2. The van der Waals surface area contributed by atoms with Crippen LogP contribution in [0, 0.1) is 11.7 Å². The van der Waals surface area contributed by atoms with E-state index in [1.807, 2.05) is 12.1 Å². The van der Waals surface area contributed by atoms with Gasteiger partial charge in [0.2, 0.25) is 0 Å². The number of aryl methyl sites for hydroxylation is 1. The summed E-state index contributed by atoms with van der Waals surface area (Å²) in [6, 6.07) is 13.3. The maximum atomic E-state index is 13.1. The monoisotopic (exact) mass is 352 g/mol. The molecule has 2 unspecified atom stereocenters. The van der Waals surface area contributed by atoms with Gasteiger partial charge >= 0.3 is 0 Å². The van der Waals surface area contributed by atoms with Gasteiger partial charge in [0.1, 0.15) is 5.82 Å². The van der Waals surface area contributed by atoms with Gasteiger partial charge in [-0.15, -0.1) is 11.6 Å². The van der Waals surface area contributed by atoms with Crippen LogP contribution in [0.1, 0.15) is 28.5 Å². The van der Waals surface area contributed by atoms with Crippen molar-refractivity contribution in [2.24, 2.45) is 5.92 Å². The summed E-state index contributed by atoms with van der Waals surface area (Å²) in [4.78, 5) is 0. The quantitative estimate of drug-likeness (QED) is 0.610. The Morgan fingerprint density at radius 2 is 2.00 bits per heavy atom. The van der Waals surface area contributed by atoms with Gasteiger partial charge in [-0.25, -0.2) is 4.39 Å². The minimum atomic E-state index is -0.211. The lowest BCUT2D eigenvalue weighted by Gasteiger charge is -2.30. The topological polar surface area (TPSA) is 0 Å². The van der Waals surface area contributed by atoms with Gasteiger partial charge in [-0.1, -0.05) is 46.3 Å². The maximum Gasteiger partial charge on any atom is 0.124 e. The van der Waals surface area contributed by atoms with Crippen molar-refractivity contribution in [2.75, 3.05) is 0 Å². The molecule has 2 aromatic carbocycles. The highest BCUT2D eigenvalue weighted by molar-refractivity contribution is 9.10. The maximum absolute atomic E-state index is 13.1. The first-order chi connectivity index (χ1) is 9.65. The minimum Gasteiger partial charge on any atom is -0.207 e. The Labute approximate surface area is 132 Å². The van der Waals surface area contributed by atoms with Crippen molar-refractivity contribution < 1.29 is 4.39 Å². The van der Waals surface area contributed by atoms with Crippen molar-refractivity contribution in [2.45, 2.75) is 24.6 Å². The van der Waals surface area contributed by atoms with Crippen LogP contribution in [-0.2, 0) is 12.8 Å². The second-order valence-corrected chi connectivity index (χ2v) is 6.66. The van der Waals surface area contributed by atoms with E-state index in [4.69, 9.17) is 11.6 Å². The molecule has 0 amide bonds. The van der Waals surface area contributed by atoms with Crippen molar-refractivity contribution in [1.29, 1.82) is 0 Å². The molecule has 0 fully saturated rings. The lowest BCUT2D eigenvalue weighted by Crippen LogP contribution is -2.19. The Hall–Kier alpha value is -0.860. The average Bonchev–Trinajstić information content (AvgIpc) is 2.45. The molecule has 0 saturated carbocycles. The second-order valence-electron chi connectivity index (χ2n) is 5.34. The predicted octanol–water partition coefficient (Wildman–Crippen LogP) is 5.67. The second kappa shape index (κ2) is 5.87. The van der Waals surface area contributed by atoms with Crippen molar-refractivity contribution in [3.63, 3.8) is 0 Å². The van der Waals surface area contributed by atoms with E-state index in [-0.39, 0.29) is 11.2 Å². The third-order valence-corrected chi connectivity index (χ3v) is 5.38. The van der Waals surface area contributed by atoms with Gasteiger partial charge in [0.15, 0.2) is 0 Å². The normalized spacial score (nSPS) is 21.6. The lowest BCUT2D eigenvalue weighted by molar-refractivity contribution is 0.441. The molecule has 2 aromatic rings. The molecule has 0 bridgehead atoms. The molecule has 0 aliphatic heterocycles. The van der Waals surface area contributed by atoms with E-state index < -0.39 is 0 Å². The minimum absolute atomic E-state index is 0.0388. The molecule has 3 heteroatoms. The first-order valence-electron chi connectivity index (χ1n) is 6.81. The molecule has 2 atom stereocenters. The summed E-state index contributed by atoms with van der Waals surface area (Å²) in [5, 5.41) is 0.0388. The van der Waals surface area contributed by atoms with Crippen LogP contribution in [-0.4, -0.2) is 0 Å². The molecule has 1 aliphatic carbocycles. The Morgan fingerprint density at radius 1 is 1.20 bits per heavy atom. The van der Waals surface area contributed by atoms with Crippen LogP contribution in [0.4, 0.5) is 4.39 Å². The van der Waals surface area contributed by atoms with Gasteiger partial charge < -0.3 is 0 Å². The fourth-order valence-electron chi connectivity index (χ4n) is 2.95. The molecule has 0 aromatic heterocycles. The van der Waals surface area contributed by atoms with Gasteiger partial charge in [0, 0.05) is 4.47 Å². The Balaban J connectivity index is 1.83. The first-order valence-corrected chi connectivity index (χ1v) is 8.04. The summed E-state index contributed by atoms with van der Waals surface area (Å²) in [6.07, 6.45) is 3.03. The number of halogens is 3. The molecular weight excluding hydrogens is 339 g/mol. The van der Waals surface area contributed by atoms with Crippen molar-refractivity contribution in [1.82, 2.24) is 0 Å². The van der Waals surface area contributed by atoms with Gasteiger partial charge in [-0.05, 0) is 54.0 Å². The summed E-state index contributed by atoms with van der Waals surface area (Å²) >= 11 is 10.1. The van der Waals surface area contributed by atoms with Crippen molar-refractivity contribution >= 4 is 27.5 Å². The fraction of sp³-hybridized carbons (Fsp3) is 0.294. The molecule has 20 heavy (non-hydrogen) atoms. The van der Waals surface area contributed by atoms with Crippen LogP contribution in [0.5, 0.6) is 0 Å². The molecule has 0 spiro atoms. The molecule has 0 heterocycles. The van der Waals surface area contributed by atoms with Crippen molar-refractivity contribution in [3.05, 3.63) is 69.4 Å². The van der Waals surface area contributed by atoms with Crippen LogP contribution >= 0.6 is 27.5 Å². The van der Waals surface area contributed by atoms with Crippen LogP contribution in [0.25, 0.3) is 0 Å². The van der Waals surface area contributed by atoms with Gasteiger partial charge in [0.25, 0.3) is 0 Å². The molecule has 0 N–H and O–H groups in total. The number of benzene rings is 2. The van der Waals surface area contributed by atoms with Crippen LogP contribution in [0.15, 0.2) is 46.9 Å². The first kappa shape index (κ1) is 14.1. The third kappa shape index (κ3) is 2.77. The Kier molecular flexibility index (Phi) is 4.13. The lowest BCUT2D eigenvalue weighted by atomic mass is 9.80. The zero-order valence-electron chi connectivity index (χ0n) is 11.0. The highest BCUT2D eigenvalue weighted by Crippen LogP contribution is 2.41. The van der Waals surface area contributed by atoms with E-state index in [9.17, 15) is 4.39 Å². The van der Waals surface area contributed by atoms with Crippen LogP contribution in [0.3, 0.4) is 0 Å². The number of hydrogen-bond donors (Lipinski definition) is 0. The zero-order chi connectivity index (χ0) is 14.1. The largest absolute Gasteiger partial charge is 0.207 e. The molecule has 0 saturated heterocycles. The molecule has 1 aliphatic rings. The SMILES string of the molecule is Fc1ccc(CC2CCc3ccccc3C2Cl)c(Br)c1. The van der Waals surface area contributed by atoms with E-state index in [1.54, 1.807) is 0 Å². The Morgan fingerprint density at radius 3 is 2.80 bits per heavy atom. The smallest absolute Gasteiger partial charge is 0.124 e. The van der Waals surface area contributed by atoms with E-state index in [0.29, 0.717) is 5.92 Å². The fourth-order valence-corrected chi connectivity index (χ4v) is 3.89. The molecular formula is C17H15BrClF. The van der Waals surface area contributed by atoms with E-state index >= 15 is 0 Å². The summed E-state index contributed by atoms with van der Waals surface area (Å²) < 4.78 is 14.0. The number of alkyl halides is 1. The summed E-state index contributed by atoms with van der Waals surface area (Å²) in [6.45, 7) is 0. The highest BCUT2D eigenvalue weighted by atomic mass is 79.9. The number of hydrogen-bond acceptors (Lipinski definition) is 0. The third-order valence-electron chi connectivity index (χ3n) is 4.05. The molecule has 0 radical (unpaired) electrons. The van der Waals surface area contributed by atoms with Gasteiger partial charge in [0.05, 0.1) is 5.38 Å². The molecule has 104 valence electrons. The van der Waals surface area contributed by atoms with Gasteiger partial charge in [-0.2, -0.15) is 0 Å². The van der Waals surface area contributed by atoms with E-state index in [1.165, 1.54) is 23.3 Å². The van der Waals surface area contributed by atoms with Crippen molar-refractivity contribution in [3.8, 4) is 0 Å². The highest BCUT2D eigenvalue weighted by Gasteiger charge is 2.28. The number of fused-ring (bicyclic) bond motifs is 1. The zero-order valence-corrected chi connectivity index (χ0v) is 13.3.